The number of rotatable bonds is 9. The molecule has 170 valence electrons. The lowest BCUT2D eigenvalue weighted by Crippen LogP contribution is -2.48. The van der Waals surface area contributed by atoms with Gasteiger partial charge in [0.25, 0.3) is 0 Å². The van der Waals surface area contributed by atoms with Crippen molar-refractivity contribution in [2.75, 3.05) is 13.7 Å². The Balaban J connectivity index is 2.93. The SMILES string of the molecule is COC(=O)CC(O)(CNB(C)O)/C(=C(\C(=O)O)c1ccc(C)c(C)c1)c1cccc(C)c1. The zero-order chi connectivity index (χ0) is 24.1. The van der Waals surface area contributed by atoms with Gasteiger partial charge in [-0.25, -0.2) is 4.79 Å². The van der Waals surface area contributed by atoms with Crippen molar-refractivity contribution in [3.05, 3.63) is 70.3 Å². The number of aliphatic carboxylic acids is 1. The smallest absolute Gasteiger partial charge is 0.373 e. The summed E-state index contributed by atoms with van der Waals surface area (Å²) < 4.78 is 4.78. The highest BCUT2D eigenvalue weighted by molar-refractivity contribution is 6.45. The predicted octanol–water partition coefficient (Wildman–Crippen LogP) is 2.60. The third kappa shape index (κ3) is 6.06. The lowest BCUT2D eigenvalue weighted by Gasteiger charge is -2.33. The van der Waals surface area contributed by atoms with Crippen LogP contribution in [0.2, 0.25) is 6.82 Å². The molecule has 2 rings (SSSR count). The van der Waals surface area contributed by atoms with Crippen LogP contribution in [-0.4, -0.2) is 53.5 Å². The number of carbonyl (C=O) groups excluding carboxylic acids is 1. The molecule has 0 amide bonds. The van der Waals surface area contributed by atoms with E-state index in [9.17, 15) is 24.8 Å². The molecule has 0 aliphatic rings. The molecule has 1 unspecified atom stereocenters. The minimum atomic E-state index is -1.98. The first-order valence-electron chi connectivity index (χ1n) is 10.3. The number of carbonyl (C=O) groups is 2. The van der Waals surface area contributed by atoms with Gasteiger partial charge >= 0.3 is 19.0 Å². The Hall–Kier alpha value is -2.94. The summed E-state index contributed by atoms with van der Waals surface area (Å²) in [6.45, 7) is 6.84. The molecule has 0 spiro atoms. The number of benzene rings is 2. The Morgan fingerprint density at radius 2 is 1.75 bits per heavy atom. The zero-order valence-corrected chi connectivity index (χ0v) is 19.1. The molecule has 0 radical (unpaired) electrons. The molecule has 32 heavy (non-hydrogen) atoms. The van der Waals surface area contributed by atoms with Crippen LogP contribution in [-0.2, 0) is 14.3 Å². The summed E-state index contributed by atoms with van der Waals surface area (Å²) in [6, 6.07) is 12.3. The van der Waals surface area contributed by atoms with Gasteiger partial charge in [0.15, 0.2) is 0 Å². The summed E-state index contributed by atoms with van der Waals surface area (Å²) in [4.78, 5) is 24.8. The van der Waals surface area contributed by atoms with Crippen molar-refractivity contribution in [3.63, 3.8) is 0 Å². The van der Waals surface area contributed by atoms with E-state index < -0.39 is 31.0 Å². The second-order valence-corrected chi connectivity index (χ2v) is 8.07. The molecular formula is C24H30BNO6. The number of esters is 1. The van der Waals surface area contributed by atoms with Crippen LogP contribution in [0, 0.1) is 20.8 Å². The maximum atomic E-state index is 12.6. The standard InChI is InChI=1S/C24H30BNO6/c1-15-7-6-8-19(11-15)22(24(30,13-20(27)32-5)14-26-25(4)31)21(23(28)29)18-10-9-16(2)17(3)12-18/h6-12,26,30-31H,13-14H2,1-5H3,(H,28,29)/b22-21-. The topological polar surface area (TPSA) is 116 Å². The van der Waals surface area contributed by atoms with E-state index in [4.69, 9.17) is 4.74 Å². The van der Waals surface area contributed by atoms with Crippen LogP contribution in [0.3, 0.4) is 0 Å². The Morgan fingerprint density at radius 1 is 1.06 bits per heavy atom. The maximum absolute atomic E-state index is 12.6. The molecule has 8 heteroatoms. The van der Waals surface area contributed by atoms with Gasteiger partial charge in [-0.1, -0.05) is 48.0 Å². The lowest BCUT2D eigenvalue weighted by molar-refractivity contribution is -0.144. The van der Waals surface area contributed by atoms with Gasteiger partial charge < -0.3 is 25.2 Å². The van der Waals surface area contributed by atoms with Gasteiger partial charge in [0, 0.05) is 12.1 Å². The molecule has 0 aromatic heterocycles. The summed E-state index contributed by atoms with van der Waals surface area (Å²) >= 11 is 0. The number of carboxylic acid groups (broad SMARTS) is 1. The van der Waals surface area contributed by atoms with Crippen molar-refractivity contribution < 1.29 is 29.6 Å². The molecular weight excluding hydrogens is 409 g/mol. The number of aryl methyl sites for hydroxylation is 3. The van der Waals surface area contributed by atoms with Gasteiger partial charge in [-0.3, -0.25) is 4.79 Å². The zero-order valence-electron chi connectivity index (χ0n) is 19.1. The van der Waals surface area contributed by atoms with Gasteiger partial charge in [-0.15, -0.1) is 0 Å². The molecule has 0 bridgehead atoms. The van der Waals surface area contributed by atoms with Crippen LogP contribution in [0.15, 0.2) is 42.5 Å². The summed E-state index contributed by atoms with van der Waals surface area (Å²) in [5, 5.41) is 34.5. The van der Waals surface area contributed by atoms with Crippen LogP contribution >= 0.6 is 0 Å². The van der Waals surface area contributed by atoms with Crippen LogP contribution in [0.25, 0.3) is 11.1 Å². The Morgan fingerprint density at radius 3 is 2.28 bits per heavy atom. The molecule has 2 aromatic carbocycles. The summed E-state index contributed by atoms with van der Waals surface area (Å²) in [6.07, 6.45) is -0.506. The van der Waals surface area contributed by atoms with Crippen LogP contribution in [0.5, 0.6) is 0 Å². The number of nitrogens with one attached hydrogen (secondary N) is 1. The van der Waals surface area contributed by atoms with Crippen molar-refractivity contribution in [3.8, 4) is 0 Å². The van der Waals surface area contributed by atoms with Gasteiger partial charge in [-0.05, 0) is 49.8 Å². The lowest BCUT2D eigenvalue weighted by atomic mass is 9.77. The minimum absolute atomic E-state index is 0.0653. The molecule has 4 N–H and O–H groups in total. The monoisotopic (exact) mass is 439 g/mol. The highest BCUT2D eigenvalue weighted by Gasteiger charge is 2.40. The fraction of sp³-hybridized carbons (Fsp3) is 0.333. The van der Waals surface area contributed by atoms with Crippen LogP contribution in [0.1, 0.15) is 34.2 Å². The highest BCUT2D eigenvalue weighted by Crippen LogP contribution is 2.38. The molecule has 1 atom stereocenters. The van der Waals surface area contributed by atoms with E-state index in [2.05, 4.69) is 5.23 Å². The summed E-state index contributed by atoms with van der Waals surface area (Å²) in [5.74, 6) is -1.96. The van der Waals surface area contributed by atoms with Crippen LogP contribution < -0.4 is 5.23 Å². The summed E-state index contributed by atoms with van der Waals surface area (Å²) in [7, 11) is 0.204. The van der Waals surface area contributed by atoms with E-state index >= 15 is 0 Å². The minimum Gasteiger partial charge on any atom is -0.478 e. The maximum Gasteiger partial charge on any atom is 0.373 e. The average Bonchev–Trinajstić information content (AvgIpc) is 2.72. The quantitative estimate of drug-likeness (QED) is 0.205. The predicted molar refractivity (Wildman–Crippen MR) is 125 cm³/mol. The first-order valence-corrected chi connectivity index (χ1v) is 10.3. The number of hydrogen-bond acceptors (Lipinski definition) is 6. The van der Waals surface area contributed by atoms with Crippen molar-refractivity contribution in [2.45, 2.75) is 39.6 Å². The Labute approximate surface area is 188 Å². The van der Waals surface area contributed by atoms with Crippen molar-refractivity contribution in [2.24, 2.45) is 0 Å². The second-order valence-electron chi connectivity index (χ2n) is 8.07. The molecule has 7 nitrogen and oxygen atoms in total. The first kappa shape index (κ1) is 25.3. The Bertz CT molecular complexity index is 1030. The number of ether oxygens (including phenoxy) is 1. The number of hydrogen-bond donors (Lipinski definition) is 4. The van der Waals surface area contributed by atoms with E-state index in [1.54, 1.807) is 30.3 Å². The largest absolute Gasteiger partial charge is 0.478 e. The fourth-order valence-electron chi connectivity index (χ4n) is 3.58. The Kier molecular flexibility index (Phi) is 8.38. The van der Waals surface area contributed by atoms with E-state index in [1.807, 2.05) is 32.9 Å². The average molecular weight is 439 g/mol. The van der Waals surface area contributed by atoms with Crippen molar-refractivity contribution in [1.29, 1.82) is 0 Å². The van der Waals surface area contributed by atoms with Gasteiger partial charge in [-0.2, -0.15) is 0 Å². The molecule has 0 saturated carbocycles. The van der Waals surface area contributed by atoms with E-state index in [1.165, 1.54) is 13.9 Å². The molecule has 0 aliphatic heterocycles. The molecule has 0 fully saturated rings. The summed E-state index contributed by atoms with van der Waals surface area (Å²) in [5.41, 5.74) is 1.56. The van der Waals surface area contributed by atoms with Crippen LogP contribution in [0.4, 0.5) is 0 Å². The normalized spacial score (nSPS) is 13.7. The van der Waals surface area contributed by atoms with Gasteiger partial charge in [0.05, 0.1) is 19.1 Å². The molecule has 0 saturated heterocycles. The molecule has 0 aliphatic carbocycles. The fourth-order valence-corrected chi connectivity index (χ4v) is 3.58. The number of aliphatic hydroxyl groups is 1. The van der Waals surface area contributed by atoms with Gasteiger partial charge in [0.2, 0.25) is 0 Å². The van der Waals surface area contributed by atoms with Crippen molar-refractivity contribution in [1.82, 2.24) is 5.23 Å². The second kappa shape index (κ2) is 10.6. The van der Waals surface area contributed by atoms with E-state index in [0.29, 0.717) is 11.1 Å². The van der Waals surface area contributed by atoms with Gasteiger partial charge in [0.1, 0.15) is 5.60 Å². The molecule has 2 aromatic rings. The highest BCUT2D eigenvalue weighted by atomic mass is 16.5. The van der Waals surface area contributed by atoms with Crippen molar-refractivity contribution >= 4 is 30.1 Å². The van der Waals surface area contributed by atoms with E-state index in [-0.39, 0.29) is 17.7 Å². The van der Waals surface area contributed by atoms with E-state index in [0.717, 1.165) is 16.7 Å². The third-order valence-electron chi connectivity index (χ3n) is 5.39. The number of carboxylic acids is 1. The third-order valence-corrected chi connectivity index (χ3v) is 5.39. The first-order chi connectivity index (χ1) is 15.0. The molecule has 0 heterocycles. The number of methoxy groups -OCH3 is 1.